The van der Waals surface area contributed by atoms with Crippen molar-refractivity contribution < 1.29 is 9.59 Å². The molecule has 0 atom stereocenters. The third-order valence-electron chi connectivity index (χ3n) is 5.18. The molecule has 1 aliphatic heterocycles. The van der Waals surface area contributed by atoms with E-state index in [2.05, 4.69) is 20.7 Å². The summed E-state index contributed by atoms with van der Waals surface area (Å²) in [6.07, 6.45) is 5.22. The van der Waals surface area contributed by atoms with Crippen LogP contribution in [0.25, 0.3) is 0 Å². The maximum atomic E-state index is 12.6. The lowest BCUT2D eigenvalue weighted by Crippen LogP contribution is -2.50. The molecule has 0 aliphatic carbocycles. The number of para-hydroxylation sites is 1. The van der Waals surface area contributed by atoms with Crippen molar-refractivity contribution in [2.24, 2.45) is 5.92 Å². The van der Waals surface area contributed by atoms with E-state index in [0.29, 0.717) is 15.9 Å². The Bertz CT molecular complexity index is 1060. The Morgan fingerprint density at radius 1 is 1.20 bits per heavy atom. The van der Waals surface area contributed by atoms with Gasteiger partial charge in [0.05, 0.1) is 18.1 Å². The zero-order valence-corrected chi connectivity index (χ0v) is 18.0. The molecular weight excluding hydrogens is 400 g/mol. The van der Waals surface area contributed by atoms with Crippen LogP contribution >= 0.6 is 11.3 Å². The highest BCUT2D eigenvalue weighted by Gasteiger charge is 2.28. The van der Waals surface area contributed by atoms with E-state index < -0.39 is 0 Å². The molecule has 9 heteroatoms. The number of anilines is 3. The maximum Gasteiger partial charge on any atom is 0.267 e. The van der Waals surface area contributed by atoms with E-state index >= 15 is 0 Å². The van der Waals surface area contributed by atoms with Gasteiger partial charge in [-0.1, -0.05) is 29.5 Å². The molecule has 0 unspecified atom stereocenters. The summed E-state index contributed by atoms with van der Waals surface area (Å²) < 4.78 is 1.87. The number of amides is 2. The number of carbonyl (C=O) groups excluding carboxylic acids is 2. The summed E-state index contributed by atoms with van der Waals surface area (Å²) in [6.45, 7) is 7.87. The molecule has 0 saturated carbocycles. The number of likely N-dealkylation sites (tertiary alicyclic amines) is 1. The van der Waals surface area contributed by atoms with Gasteiger partial charge in [0.25, 0.3) is 5.91 Å². The highest BCUT2D eigenvalue weighted by atomic mass is 32.1. The van der Waals surface area contributed by atoms with Gasteiger partial charge in [-0.05, 0) is 25.0 Å². The van der Waals surface area contributed by atoms with Crippen molar-refractivity contribution in [2.45, 2.75) is 27.3 Å². The van der Waals surface area contributed by atoms with Gasteiger partial charge in [0.15, 0.2) is 5.13 Å². The number of nitrogens with zero attached hydrogens (tertiary/aromatic N) is 4. The van der Waals surface area contributed by atoms with E-state index in [0.717, 1.165) is 42.1 Å². The van der Waals surface area contributed by atoms with E-state index in [1.165, 1.54) is 11.3 Å². The summed E-state index contributed by atoms with van der Waals surface area (Å²) in [4.78, 5) is 30.6. The number of carbonyl (C=O) groups is 2. The topological polar surface area (TPSA) is 92.2 Å². The molecule has 30 heavy (non-hydrogen) atoms. The summed E-state index contributed by atoms with van der Waals surface area (Å²) in [7, 11) is 0. The van der Waals surface area contributed by atoms with Gasteiger partial charge in [0.2, 0.25) is 5.91 Å². The molecule has 2 amide bonds. The fourth-order valence-electron chi connectivity index (χ4n) is 3.48. The van der Waals surface area contributed by atoms with Crippen molar-refractivity contribution in [3.05, 3.63) is 52.8 Å². The smallest absolute Gasteiger partial charge is 0.267 e. The van der Waals surface area contributed by atoms with Gasteiger partial charge in [0, 0.05) is 44.4 Å². The van der Waals surface area contributed by atoms with Gasteiger partial charge >= 0.3 is 0 Å². The molecule has 0 spiro atoms. The molecule has 1 aromatic carbocycles. The molecule has 1 aliphatic rings. The molecule has 2 aromatic heterocycles. The van der Waals surface area contributed by atoms with Gasteiger partial charge in [-0.3, -0.25) is 14.3 Å². The minimum atomic E-state index is -0.173. The molecule has 0 bridgehead atoms. The van der Waals surface area contributed by atoms with Crippen LogP contribution in [0.2, 0.25) is 0 Å². The molecule has 156 valence electrons. The van der Waals surface area contributed by atoms with E-state index in [9.17, 15) is 9.59 Å². The second-order valence-electron chi connectivity index (χ2n) is 7.62. The van der Waals surface area contributed by atoms with E-state index in [4.69, 9.17) is 0 Å². The van der Waals surface area contributed by atoms with Crippen LogP contribution in [0.5, 0.6) is 0 Å². The Hall–Kier alpha value is -3.20. The van der Waals surface area contributed by atoms with Crippen molar-refractivity contribution >= 4 is 39.7 Å². The average Bonchev–Trinajstić information content (AvgIpc) is 3.30. The number of hydrogen-bond donors (Lipinski definition) is 2. The summed E-state index contributed by atoms with van der Waals surface area (Å²) in [5.74, 6) is 0.380. The fourth-order valence-corrected chi connectivity index (χ4v) is 4.21. The van der Waals surface area contributed by atoms with Gasteiger partial charge in [-0.2, -0.15) is 5.10 Å². The lowest BCUT2D eigenvalue weighted by molar-refractivity contribution is -0.135. The Balaban J connectivity index is 1.34. The normalized spacial score (nSPS) is 13.8. The van der Waals surface area contributed by atoms with E-state index in [1.54, 1.807) is 19.3 Å². The number of hydrogen-bond acceptors (Lipinski definition) is 6. The van der Waals surface area contributed by atoms with Crippen molar-refractivity contribution in [3.8, 4) is 0 Å². The van der Waals surface area contributed by atoms with E-state index in [-0.39, 0.29) is 11.8 Å². The molecule has 3 aromatic rings. The zero-order valence-electron chi connectivity index (χ0n) is 17.2. The van der Waals surface area contributed by atoms with Crippen molar-refractivity contribution in [1.29, 1.82) is 0 Å². The van der Waals surface area contributed by atoms with Crippen molar-refractivity contribution in [1.82, 2.24) is 19.7 Å². The first-order valence-electron chi connectivity index (χ1n) is 9.77. The van der Waals surface area contributed by atoms with Crippen LogP contribution in [-0.4, -0.2) is 44.6 Å². The first-order chi connectivity index (χ1) is 14.4. The molecule has 8 nitrogen and oxygen atoms in total. The summed E-state index contributed by atoms with van der Waals surface area (Å²) >= 11 is 1.29. The fraction of sp³-hybridized carbons (Fsp3) is 0.333. The van der Waals surface area contributed by atoms with Crippen molar-refractivity contribution in [3.63, 3.8) is 0 Å². The first-order valence-corrected chi connectivity index (χ1v) is 10.6. The van der Waals surface area contributed by atoms with Crippen LogP contribution in [0.15, 0.2) is 36.8 Å². The minimum absolute atomic E-state index is 0.121. The third kappa shape index (κ3) is 4.35. The molecular formula is C21H24N6O2S. The largest absolute Gasteiger partial charge is 0.342 e. The molecule has 1 saturated heterocycles. The number of rotatable bonds is 6. The Morgan fingerprint density at radius 2 is 1.93 bits per heavy atom. The zero-order chi connectivity index (χ0) is 21.3. The van der Waals surface area contributed by atoms with Crippen LogP contribution in [0, 0.1) is 19.8 Å². The number of nitrogens with one attached hydrogen (secondary N) is 2. The monoisotopic (exact) mass is 424 g/mol. The summed E-state index contributed by atoms with van der Waals surface area (Å²) in [6, 6.07) is 5.92. The standard InChI is InChI=1S/C21H24N6O2S/c1-13-5-4-6-14(2)19(13)25-20(29)18-8-22-21(30-18)24-17-7-23-27(12-17)11-16-9-26(10-16)15(3)28/h4-8,12,16H,9-11H2,1-3H3,(H,22,24)(H,25,29). The molecule has 1 fully saturated rings. The number of benzene rings is 1. The quantitative estimate of drug-likeness (QED) is 0.633. The summed E-state index contributed by atoms with van der Waals surface area (Å²) in [5, 5.41) is 11.2. The highest BCUT2D eigenvalue weighted by Crippen LogP contribution is 2.25. The number of aryl methyl sites for hydroxylation is 2. The van der Waals surface area contributed by atoms with Gasteiger partial charge in [-0.25, -0.2) is 4.98 Å². The Kier molecular flexibility index (Phi) is 5.54. The Morgan fingerprint density at radius 3 is 2.63 bits per heavy atom. The SMILES string of the molecule is CC(=O)N1CC(Cn2cc(Nc3ncc(C(=O)Nc4c(C)cccc4C)s3)cn2)C1. The number of thiazole rings is 1. The van der Waals surface area contributed by atoms with E-state index in [1.807, 2.05) is 47.8 Å². The lowest BCUT2D eigenvalue weighted by atomic mass is 10.0. The minimum Gasteiger partial charge on any atom is -0.342 e. The highest BCUT2D eigenvalue weighted by molar-refractivity contribution is 7.17. The number of aromatic nitrogens is 3. The Labute approximate surface area is 178 Å². The van der Waals surface area contributed by atoms with Crippen LogP contribution < -0.4 is 10.6 Å². The summed E-state index contributed by atoms with van der Waals surface area (Å²) in [5.41, 5.74) is 3.70. The predicted molar refractivity (Wildman–Crippen MR) is 117 cm³/mol. The van der Waals surface area contributed by atoms with Crippen LogP contribution in [0.4, 0.5) is 16.5 Å². The molecule has 0 radical (unpaired) electrons. The van der Waals surface area contributed by atoms with Gasteiger partial charge < -0.3 is 15.5 Å². The third-order valence-corrected chi connectivity index (χ3v) is 6.09. The van der Waals surface area contributed by atoms with Crippen LogP contribution in [0.1, 0.15) is 27.7 Å². The van der Waals surface area contributed by atoms with Gasteiger partial charge in [0.1, 0.15) is 4.88 Å². The molecule has 4 rings (SSSR count). The molecule has 3 heterocycles. The van der Waals surface area contributed by atoms with Crippen molar-refractivity contribution in [2.75, 3.05) is 23.7 Å². The van der Waals surface area contributed by atoms with Gasteiger partial charge in [-0.15, -0.1) is 0 Å². The maximum absolute atomic E-state index is 12.6. The lowest BCUT2D eigenvalue weighted by Gasteiger charge is -2.38. The first kappa shape index (κ1) is 20.1. The predicted octanol–water partition coefficient (Wildman–Crippen LogP) is 3.43. The van der Waals surface area contributed by atoms with Crippen LogP contribution in [0.3, 0.4) is 0 Å². The second-order valence-corrected chi connectivity index (χ2v) is 8.65. The van der Waals surface area contributed by atoms with Crippen LogP contribution in [-0.2, 0) is 11.3 Å². The average molecular weight is 425 g/mol. The molecule has 2 N–H and O–H groups in total. The second kappa shape index (κ2) is 8.27.